The molecule has 5 heteroatoms. The van der Waals surface area contributed by atoms with Gasteiger partial charge >= 0.3 is 7.12 Å². The van der Waals surface area contributed by atoms with Gasteiger partial charge in [-0.2, -0.15) is 0 Å². The molecule has 0 fully saturated rings. The van der Waals surface area contributed by atoms with Crippen molar-refractivity contribution in [3.05, 3.63) is 28.1 Å². The van der Waals surface area contributed by atoms with Crippen LogP contribution in [-0.2, 0) is 0 Å². The summed E-state index contributed by atoms with van der Waals surface area (Å²) in [7, 11) is -1.51. The lowest BCUT2D eigenvalue weighted by molar-refractivity contribution is 0.426. The van der Waals surface area contributed by atoms with Gasteiger partial charge in [0.25, 0.3) is 0 Å². The molecule has 0 bridgehead atoms. The molecule has 0 amide bonds. The molecule has 2 N–H and O–H groups in total. The number of aryl methyl sites for hydroxylation is 1. The van der Waals surface area contributed by atoms with Crippen LogP contribution in [0.5, 0.6) is 0 Å². The number of rotatable bonds is 1. The van der Waals surface area contributed by atoms with Crippen LogP contribution in [-0.4, -0.2) is 17.2 Å². The smallest absolute Gasteiger partial charge is 0.423 e. The van der Waals surface area contributed by atoms with Gasteiger partial charge in [0.05, 0.1) is 0 Å². The SMILES string of the molecule is Cc1csc2cc(Cl)c(B(O)O)cc12. The molecule has 0 aliphatic carbocycles. The second kappa shape index (κ2) is 3.55. The Bertz CT molecular complexity index is 481. The van der Waals surface area contributed by atoms with Crippen molar-refractivity contribution in [3.8, 4) is 0 Å². The molecule has 2 aromatic rings. The number of halogens is 1. The molecule has 0 spiro atoms. The Hall–Kier alpha value is -0.545. The number of hydrogen-bond acceptors (Lipinski definition) is 3. The molecule has 0 saturated heterocycles. The quantitative estimate of drug-likeness (QED) is 0.724. The third-order valence-electron chi connectivity index (χ3n) is 2.16. The van der Waals surface area contributed by atoms with Gasteiger partial charge in [0.2, 0.25) is 0 Å². The fraction of sp³-hybridized carbons (Fsp3) is 0.111. The Morgan fingerprint density at radius 1 is 1.36 bits per heavy atom. The highest BCUT2D eigenvalue weighted by Gasteiger charge is 2.16. The molecular weight excluding hydrogens is 218 g/mol. The van der Waals surface area contributed by atoms with Gasteiger partial charge in [-0.15, -0.1) is 11.3 Å². The largest absolute Gasteiger partial charge is 0.489 e. The topological polar surface area (TPSA) is 40.5 Å². The Morgan fingerprint density at radius 3 is 2.71 bits per heavy atom. The summed E-state index contributed by atoms with van der Waals surface area (Å²) in [5, 5.41) is 21.6. The van der Waals surface area contributed by atoms with Crippen molar-refractivity contribution >= 4 is 45.6 Å². The van der Waals surface area contributed by atoms with Crippen LogP contribution in [0.3, 0.4) is 0 Å². The summed E-state index contributed by atoms with van der Waals surface area (Å²) >= 11 is 7.49. The lowest BCUT2D eigenvalue weighted by atomic mass is 9.79. The minimum atomic E-state index is -1.51. The van der Waals surface area contributed by atoms with Crippen molar-refractivity contribution in [3.63, 3.8) is 0 Å². The van der Waals surface area contributed by atoms with Gasteiger partial charge in [-0.1, -0.05) is 17.7 Å². The van der Waals surface area contributed by atoms with Gasteiger partial charge in [0.15, 0.2) is 0 Å². The zero-order chi connectivity index (χ0) is 10.3. The molecule has 14 heavy (non-hydrogen) atoms. The van der Waals surface area contributed by atoms with Crippen LogP contribution in [0.1, 0.15) is 5.56 Å². The van der Waals surface area contributed by atoms with Gasteiger partial charge in [-0.25, -0.2) is 0 Å². The van der Waals surface area contributed by atoms with Gasteiger partial charge < -0.3 is 10.0 Å². The third kappa shape index (κ3) is 1.55. The summed E-state index contributed by atoms with van der Waals surface area (Å²) in [6.07, 6.45) is 0. The van der Waals surface area contributed by atoms with Crippen molar-refractivity contribution in [2.45, 2.75) is 6.92 Å². The van der Waals surface area contributed by atoms with Crippen molar-refractivity contribution in [1.82, 2.24) is 0 Å². The first-order valence-corrected chi connectivity index (χ1v) is 5.38. The highest BCUT2D eigenvalue weighted by molar-refractivity contribution is 7.17. The average Bonchev–Trinajstić information content (AvgIpc) is 2.46. The van der Waals surface area contributed by atoms with Gasteiger partial charge in [0.1, 0.15) is 0 Å². The Morgan fingerprint density at radius 2 is 2.07 bits per heavy atom. The lowest BCUT2D eigenvalue weighted by Gasteiger charge is -2.03. The molecule has 2 nitrogen and oxygen atoms in total. The maximum Gasteiger partial charge on any atom is 0.489 e. The van der Waals surface area contributed by atoms with Crippen LogP contribution in [0.4, 0.5) is 0 Å². The molecule has 0 saturated carbocycles. The van der Waals surface area contributed by atoms with Crippen LogP contribution >= 0.6 is 22.9 Å². The number of fused-ring (bicyclic) bond motifs is 1. The first kappa shape index (κ1) is 9.99. The minimum Gasteiger partial charge on any atom is -0.423 e. The monoisotopic (exact) mass is 226 g/mol. The van der Waals surface area contributed by atoms with Gasteiger partial charge in [-0.3, -0.25) is 0 Å². The molecule has 0 unspecified atom stereocenters. The summed E-state index contributed by atoms with van der Waals surface area (Å²) in [6, 6.07) is 3.50. The maximum atomic E-state index is 9.07. The van der Waals surface area contributed by atoms with Crippen molar-refractivity contribution < 1.29 is 10.0 Å². The van der Waals surface area contributed by atoms with E-state index in [9.17, 15) is 0 Å². The van der Waals surface area contributed by atoms with Crippen LogP contribution in [0, 0.1) is 6.92 Å². The van der Waals surface area contributed by atoms with Crippen LogP contribution in [0.2, 0.25) is 5.02 Å². The average molecular weight is 226 g/mol. The molecule has 0 aliphatic rings. The molecule has 0 radical (unpaired) electrons. The zero-order valence-electron chi connectivity index (χ0n) is 7.49. The highest BCUT2D eigenvalue weighted by atomic mass is 35.5. The number of hydrogen-bond donors (Lipinski definition) is 2. The predicted octanol–water partition coefficient (Wildman–Crippen LogP) is 1.54. The van der Waals surface area contributed by atoms with E-state index in [1.807, 2.05) is 12.3 Å². The normalized spacial score (nSPS) is 10.9. The van der Waals surface area contributed by atoms with Gasteiger partial charge in [-0.05, 0) is 29.3 Å². The lowest BCUT2D eigenvalue weighted by Crippen LogP contribution is -2.30. The second-order valence-electron chi connectivity index (χ2n) is 3.16. The van der Waals surface area contributed by atoms with Crippen LogP contribution in [0.15, 0.2) is 17.5 Å². The predicted molar refractivity (Wildman–Crippen MR) is 61.4 cm³/mol. The van der Waals surface area contributed by atoms with E-state index in [-0.39, 0.29) is 0 Å². The Kier molecular flexibility index (Phi) is 2.53. The summed E-state index contributed by atoms with van der Waals surface area (Å²) in [5.74, 6) is 0. The summed E-state index contributed by atoms with van der Waals surface area (Å²) < 4.78 is 1.07. The molecule has 1 heterocycles. The number of thiophene rings is 1. The van der Waals surface area contributed by atoms with E-state index in [1.54, 1.807) is 23.5 Å². The summed E-state index contributed by atoms with van der Waals surface area (Å²) in [5.41, 5.74) is 1.49. The molecule has 1 aromatic heterocycles. The van der Waals surface area contributed by atoms with E-state index in [4.69, 9.17) is 21.6 Å². The van der Waals surface area contributed by atoms with E-state index in [1.165, 1.54) is 0 Å². The summed E-state index contributed by atoms with van der Waals surface area (Å²) in [4.78, 5) is 0. The number of benzene rings is 1. The van der Waals surface area contributed by atoms with Crippen molar-refractivity contribution in [1.29, 1.82) is 0 Å². The standard InChI is InChI=1S/C9H8BClO2S/c1-5-4-14-9-3-8(11)7(10(12)13)2-6(5)9/h2-4,12-13H,1H3. The van der Waals surface area contributed by atoms with E-state index in [0.29, 0.717) is 10.5 Å². The molecule has 0 atom stereocenters. The van der Waals surface area contributed by atoms with E-state index in [2.05, 4.69) is 0 Å². The van der Waals surface area contributed by atoms with E-state index >= 15 is 0 Å². The van der Waals surface area contributed by atoms with E-state index in [0.717, 1.165) is 15.6 Å². The minimum absolute atomic E-state index is 0.362. The Balaban J connectivity index is 2.74. The molecule has 0 aliphatic heterocycles. The first-order valence-electron chi connectivity index (χ1n) is 4.13. The Labute approximate surface area is 90.9 Å². The zero-order valence-corrected chi connectivity index (χ0v) is 9.06. The maximum absolute atomic E-state index is 9.07. The molecule has 2 rings (SSSR count). The third-order valence-corrected chi connectivity index (χ3v) is 3.56. The summed E-state index contributed by atoms with van der Waals surface area (Å²) in [6.45, 7) is 1.99. The van der Waals surface area contributed by atoms with Gasteiger partial charge in [0, 0.05) is 15.2 Å². The fourth-order valence-electron chi connectivity index (χ4n) is 1.39. The van der Waals surface area contributed by atoms with Crippen LogP contribution < -0.4 is 5.46 Å². The molecule has 1 aromatic carbocycles. The molecule has 72 valence electrons. The van der Waals surface area contributed by atoms with Crippen LogP contribution in [0.25, 0.3) is 10.1 Å². The molecular formula is C9H8BClO2S. The fourth-order valence-corrected chi connectivity index (χ4v) is 2.68. The first-order chi connectivity index (χ1) is 6.59. The second-order valence-corrected chi connectivity index (χ2v) is 4.48. The van der Waals surface area contributed by atoms with Crippen molar-refractivity contribution in [2.24, 2.45) is 0 Å². The highest BCUT2D eigenvalue weighted by Crippen LogP contribution is 2.26. The van der Waals surface area contributed by atoms with Crippen molar-refractivity contribution in [2.75, 3.05) is 0 Å². The van der Waals surface area contributed by atoms with E-state index < -0.39 is 7.12 Å².